The van der Waals surface area contributed by atoms with E-state index < -0.39 is 0 Å². The van der Waals surface area contributed by atoms with Gasteiger partial charge in [-0.3, -0.25) is 9.69 Å². The molecule has 2 aliphatic rings. The molecule has 3 unspecified atom stereocenters. The highest BCUT2D eigenvalue weighted by Crippen LogP contribution is 2.46. The third-order valence-corrected chi connectivity index (χ3v) is 4.54. The summed E-state index contributed by atoms with van der Waals surface area (Å²) < 4.78 is 0. The van der Waals surface area contributed by atoms with Gasteiger partial charge in [-0.25, -0.2) is 0 Å². The number of nitrogens with zero attached hydrogens (tertiary/aromatic N) is 1. The Morgan fingerprint density at radius 1 is 1.19 bits per heavy atom. The summed E-state index contributed by atoms with van der Waals surface area (Å²) in [5.74, 6) is 2.06. The van der Waals surface area contributed by atoms with Crippen molar-refractivity contribution in [3.05, 3.63) is 0 Å². The lowest BCUT2D eigenvalue weighted by atomic mass is 9.87. The lowest BCUT2D eigenvalue weighted by Crippen LogP contribution is -2.43. The van der Waals surface area contributed by atoms with Crippen molar-refractivity contribution in [1.29, 1.82) is 0 Å². The molecule has 2 fully saturated rings. The minimum Gasteiger partial charge on any atom is -0.299 e. The molecule has 0 heterocycles. The number of rotatable bonds is 4. The number of ketones is 1. The van der Waals surface area contributed by atoms with Gasteiger partial charge in [0.2, 0.25) is 0 Å². The van der Waals surface area contributed by atoms with Crippen molar-refractivity contribution in [3.63, 3.8) is 0 Å². The van der Waals surface area contributed by atoms with Crippen LogP contribution in [0.25, 0.3) is 0 Å². The van der Waals surface area contributed by atoms with Gasteiger partial charge in [0.05, 0.1) is 0 Å². The first-order chi connectivity index (χ1) is 7.50. The van der Waals surface area contributed by atoms with Crippen LogP contribution in [-0.2, 0) is 4.79 Å². The maximum absolute atomic E-state index is 12.1. The number of carbonyl (C=O) groups excluding carboxylic acids is 1. The van der Waals surface area contributed by atoms with Crippen LogP contribution in [0.3, 0.4) is 0 Å². The second-order valence-electron chi connectivity index (χ2n) is 6.16. The van der Waals surface area contributed by atoms with Crippen molar-refractivity contribution < 1.29 is 4.79 Å². The summed E-state index contributed by atoms with van der Waals surface area (Å²) in [6.45, 7) is 9.93. The van der Waals surface area contributed by atoms with Crippen molar-refractivity contribution in [1.82, 2.24) is 4.90 Å². The molecule has 92 valence electrons. The lowest BCUT2D eigenvalue weighted by Gasteiger charge is -2.34. The lowest BCUT2D eigenvalue weighted by molar-refractivity contribution is -0.126. The molecule has 2 bridgehead atoms. The summed E-state index contributed by atoms with van der Waals surface area (Å²) in [5, 5.41) is 0. The van der Waals surface area contributed by atoms with Crippen molar-refractivity contribution in [2.45, 2.75) is 59.0 Å². The van der Waals surface area contributed by atoms with E-state index >= 15 is 0 Å². The standard InChI is InChI=1S/C14H25NO/c1-9(2)15(10(3)4)8-13-11-5-6-12(7-11)14(13)16/h9-13H,5-8H2,1-4H3. The first kappa shape index (κ1) is 12.1. The zero-order valence-corrected chi connectivity index (χ0v) is 11.1. The molecule has 0 amide bonds. The zero-order chi connectivity index (χ0) is 11.9. The maximum atomic E-state index is 12.1. The van der Waals surface area contributed by atoms with Crippen LogP contribution in [0.15, 0.2) is 0 Å². The summed E-state index contributed by atoms with van der Waals surface area (Å²) in [4.78, 5) is 14.6. The van der Waals surface area contributed by atoms with E-state index in [0.717, 1.165) is 6.54 Å². The van der Waals surface area contributed by atoms with Gasteiger partial charge in [0.15, 0.2) is 0 Å². The zero-order valence-electron chi connectivity index (χ0n) is 11.1. The molecule has 0 aromatic heterocycles. The van der Waals surface area contributed by atoms with Gasteiger partial charge >= 0.3 is 0 Å². The average Bonchev–Trinajstić information content (AvgIpc) is 2.74. The summed E-state index contributed by atoms with van der Waals surface area (Å²) in [6.07, 6.45) is 3.65. The summed E-state index contributed by atoms with van der Waals surface area (Å²) in [6, 6.07) is 1.10. The van der Waals surface area contributed by atoms with Crippen LogP contribution in [0.4, 0.5) is 0 Å². The number of carbonyl (C=O) groups is 1. The molecule has 2 heteroatoms. The molecule has 0 saturated heterocycles. The molecule has 16 heavy (non-hydrogen) atoms. The third-order valence-electron chi connectivity index (χ3n) is 4.54. The maximum Gasteiger partial charge on any atom is 0.140 e. The number of fused-ring (bicyclic) bond motifs is 2. The molecular weight excluding hydrogens is 198 g/mol. The Balaban J connectivity index is 2.01. The molecule has 0 N–H and O–H groups in total. The van der Waals surface area contributed by atoms with Crippen LogP contribution < -0.4 is 0 Å². The van der Waals surface area contributed by atoms with Gasteiger partial charge in [-0.2, -0.15) is 0 Å². The average molecular weight is 223 g/mol. The normalized spacial score (nSPS) is 33.7. The Morgan fingerprint density at radius 2 is 1.81 bits per heavy atom. The minimum absolute atomic E-state index is 0.351. The predicted octanol–water partition coefficient (Wildman–Crippen LogP) is 2.72. The largest absolute Gasteiger partial charge is 0.299 e. The SMILES string of the molecule is CC(C)N(CC1C(=O)C2CCC1C2)C(C)C. The number of hydrogen-bond donors (Lipinski definition) is 0. The summed E-state index contributed by atoms with van der Waals surface area (Å²) >= 11 is 0. The van der Waals surface area contributed by atoms with Crippen LogP contribution in [0.1, 0.15) is 47.0 Å². The van der Waals surface area contributed by atoms with Gasteiger partial charge in [-0.1, -0.05) is 0 Å². The molecule has 0 aliphatic heterocycles. The minimum atomic E-state index is 0.351. The van der Waals surface area contributed by atoms with Crippen molar-refractivity contribution in [3.8, 4) is 0 Å². The highest BCUT2D eigenvalue weighted by Gasteiger charge is 2.47. The first-order valence-corrected chi connectivity index (χ1v) is 6.80. The van der Waals surface area contributed by atoms with E-state index in [-0.39, 0.29) is 0 Å². The van der Waals surface area contributed by atoms with Crippen molar-refractivity contribution in [2.24, 2.45) is 17.8 Å². The van der Waals surface area contributed by atoms with Gasteiger partial charge in [0.1, 0.15) is 5.78 Å². The fourth-order valence-corrected chi connectivity index (χ4v) is 3.66. The molecule has 0 spiro atoms. The second-order valence-corrected chi connectivity index (χ2v) is 6.16. The monoisotopic (exact) mass is 223 g/mol. The topological polar surface area (TPSA) is 20.3 Å². The molecule has 0 radical (unpaired) electrons. The molecule has 0 aromatic carbocycles. The second kappa shape index (κ2) is 4.48. The van der Waals surface area contributed by atoms with Gasteiger partial charge in [-0.05, 0) is 52.9 Å². The third kappa shape index (κ3) is 2.04. The Labute approximate surface area is 99.4 Å². The quantitative estimate of drug-likeness (QED) is 0.730. The Bertz CT molecular complexity index is 264. The molecule has 2 aliphatic carbocycles. The van der Waals surface area contributed by atoms with Gasteiger partial charge in [-0.15, -0.1) is 0 Å². The van der Waals surface area contributed by atoms with Crippen LogP contribution >= 0.6 is 0 Å². The molecule has 2 rings (SSSR count). The summed E-state index contributed by atoms with van der Waals surface area (Å²) in [7, 11) is 0. The first-order valence-electron chi connectivity index (χ1n) is 6.80. The Morgan fingerprint density at radius 3 is 2.25 bits per heavy atom. The van der Waals surface area contributed by atoms with Crippen LogP contribution in [0.5, 0.6) is 0 Å². The van der Waals surface area contributed by atoms with Crippen LogP contribution in [0.2, 0.25) is 0 Å². The molecule has 2 saturated carbocycles. The van der Waals surface area contributed by atoms with E-state index in [2.05, 4.69) is 32.6 Å². The van der Waals surface area contributed by atoms with Crippen molar-refractivity contribution >= 4 is 5.78 Å². The molecule has 2 nitrogen and oxygen atoms in total. The number of Topliss-reactive ketones (excluding diaryl/α,β-unsaturated/α-hetero) is 1. The van der Waals surface area contributed by atoms with E-state index in [1.807, 2.05) is 0 Å². The van der Waals surface area contributed by atoms with E-state index in [9.17, 15) is 4.79 Å². The van der Waals surface area contributed by atoms with Crippen LogP contribution in [-0.4, -0.2) is 29.3 Å². The van der Waals surface area contributed by atoms with Gasteiger partial charge in [0.25, 0.3) is 0 Å². The fraction of sp³-hybridized carbons (Fsp3) is 0.929. The number of hydrogen-bond acceptors (Lipinski definition) is 2. The van der Waals surface area contributed by atoms with Gasteiger partial charge < -0.3 is 0 Å². The molecule has 3 atom stereocenters. The fourth-order valence-electron chi connectivity index (χ4n) is 3.66. The van der Waals surface area contributed by atoms with Gasteiger partial charge in [0, 0.05) is 30.5 Å². The van der Waals surface area contributed by atoms with Crippen LogP contribution in [0, 0.1) is 17.8 Å². The highest BCUT2D eigenvalue weighted by molar-refractivity contribution is 5.87. The molecule has 0 aromatic rings. The predicted molar refractivity (Wildman–Crippen MR) is 66.3 cm³/mol. The highest BCUT2D eigenvalue weighted by atomic mass is 16.1. The van der Waals surface area contributed by atoms with Crippen molar-refractivity contribution in [2.75, 3.05) is 6.54 Å². The van der Waals surface area contributed by atoms with E-state index in [1.165, 1.54) is 19.3 Å². The Hall–Kier alpha value is -0.370. The smallest absolute Gasteiger partial charge is 0.140 e. The van der Waals surface area contributed by atoms with E-state index in [0.29, 0.717) is 35.6 Å². The van der Waals surface area contributed by atoms with E-state index in [1.54, 1.807) is 0 Å². The molecular formula is C14H25NO. The van der Waals surface area contributed by atoms with E-state index in [4.69, 9.17) is 0 Å². The summed E-state index contributed by atoms with van der Waals surface area (Å²) in [5.41, 5.74) is 0. The Kier molecular flexibility index (Phi) is 3.39.